The number of nitrogens with one attached hydrogen (secondary N) is 10. The second kappa shape index (κ2) is 28.1. The summed E-state index contributed by atoms with van der Waals surface area (Å²) in [6, 6.07) is 3.01. The molecule has 92 heavy (non-hydrogen) atoms. The third-order valence-electron chi connectivity index (χ3n) is 14.7. The molecule has 28 heteroatoms. The summed E-state index contributed by atoms with van der Waals surface area (Å²) in [7, 11) is 0. The van der Waals surface area contributed by atoms with Gasteiger partial charge in [-0.1, -0.05) is 55.4 Å². The van der Waals surface area contributed by atoms with Crippen LogP contribution in [0.15, 0.2) is 24.3 Å². The van der Waals surface area contributed by atoms with Crippen molar-refractivity contribution in [3.05, 3.63) is 140 Å². The second-order valence-corrected chi connectivity index (χ2v) is 22.7. The van der Waals surface area contributed by atoms with E-state index in [4.69, 9.17) is 0 Å². The Bertz CT molecular complexity index is 3610. The number of H-pyrrole nitrogens is 2. The largest absolute Gasteiger partial charge is 0.379 e. The van der Waals surface area contributed by atoms with Crippen molar-refractivity contribution >= 4 is 69.1 Å². The zero-order valence-electron chi connectivity index (χ0n) is 50.5. The van der Waals surface area contributed by atoms with Crippen molar-refractivity contribution in [3.8, 4) is 44.5 Å². The van der Waals surface area contributed by atoms with Gasteiger partial charge in [0, 0.05) is 121 Å². The third kappa shape index (κ3) is 13.2. The first kappa shape index (κ1) is 67.8. The molecular weight excluding hydrogens is 1240 g/mol. The number of nitrogens with zero attached hydrogens (tertiary/aromatic N) is 2. The molecule has 0 aliphatic carbocycles. The van der Waals surface area contributed by atoms with Crippen molar-refractivity contribution in [1.82, 2.24) is 41.2 Å². The standard InChI is InChI=1S/C64H62F16N12/c1-25(2)81-17-21-85-61-53(73)45(65)41(46(66)54(61)74)37-29-9-11-31(89-29)38(42-47(67)55(75)62(56(76)48(42)68)86-22-18-82-26(3)4)33-13-15-35(91-33)40(44-51(71)59(79)64(60(80)52(44)72)88-24-20-84-28(7)8)36-16-14-34(92-36)39(32-12-10-30(37)90-32)43-49(69)57(77)63(58(78)50(43)70)87-23-19-83-27(5)6/h9-16,25-28,81-89,92H,17-24H2,1-8H3. The Morgan fingerprint density at radius 3 is 0.598 bits per heavy atom. The van der Waals surface area contributed by atoms with E-state index in [1.165, 1.54) is 0 Å². The van der Waals surface area contributed by atoms with Gasteiger partial charge >= 0.3 is 0 Å². The van der Waals surface area contributed by atoms with E-state index in [-0.39, 0.29) is 76.5 Å². The number of fused-ring (bicyclic) bond motifs is 8. The minimum Gasteiger partial charge on any atom is -0.379 e. The van der Waals surface area contributed by atoms with E-state index in [1.54, 1.807) is 55.4 Å². The van der Waals surface area contributed by atoms with Crippen LogP contribution in [-0.2, 0) is 0 Å². The van der Waals surface area contributed by atoms with E-state index in [9.17, 15) is 0 Å². The maximum Gasteiger partial charge on any atom is 0.185 e. The number of benzene rings is 4. The first-order chi connectivity index (χ1) is 43.7. The van der Waals surface area contributed by atoms with Gasteiger partial charge < -0.3 is 52.5 Å². The van der Waals surface area contributed by atoms with Gasteiger partial charge in [-0.05, 0) is 48.6 Å². The van der Waals surface area contributed by atoms with Gasteiger partial charge in [-0.2, -0.15) is 0 Å². The molecule has 0 fully saturated rings. The second-order valence-electron chi connectivity index (χ2n) is 22.7. The quantitative estimate of drug-likeness (QED) is 0.0161. The van der Waals surface area contributed by atoms with Crippen LogP contribution >= 0.6 is 0 Å². The molecule has 0 radical (unpaired) electrons. The van der Waals surface area contributed by atoms with E-state index in [2.05, 4.69) is 62.5 Å². The SMILES string of the molecule is CC(C)NCCNc1c(F)c(F)c(-c2c3nc(c(-c4c(F)c(F)c(NCCNC(C)C)c(F)c4F)c4ccc([nH]4)c(-c4c(F)c(F)c(NCCNC(C)C)c(F)c4F)c4nc(c(-c5c(F)c(F)c(NCCNC(C)C)c(F)c5F)c5ccc2[nH]5)C=C4)C=C3)c(F)c1F. The number of aromatic nitrogens is 4. The lowest BCUT2D eigenvalue weighted by molar-refractivity contribution is 0.462. The molecule has 9 rings (SSSR count). The molecular formula is C64H62F16N12. The van der Waals surface area contributed by atoms with Gasteiger partial charge in [-0.3, -0.25) is 0 Å². The van der Waals surface area contributed by atoms with E-state index < -0.39 is 205 Å². The van der Waals surface area contributed by atoms with Gasteiger partial charge in [0.05, 0.1) is 45.0 Å². The number of rotatable bonds is 24. The predicted molar refractivity (Wildman–Crippen MR) is 326 cm³/mol. The zero-order chi connectivity index (χ0) is 66.9. The average Bonchev–Trinajstić information content (AvgIpc) is 1.56. The van der Waals surface area contributed by atoms with Crippen LogP contribution in [0, 0.1) is 93.1 Å². The molecule has 2 aliphatic heterocycles. The van der Waals surface area contributed by atoms with Gasteiger partial charge in [-0.15, -0.1) is 0 Å². The predicted octanol–water partition coefficient (Wildman–Crippen LogP) is 15.2. The van der Waals surface area contributed by atoms with Crippen molar-refractivity contribution in [2.24, 2.45) is 0 Å². The number of halogens is 16. The maximum absolute atomic E-state index is 17.1. The van der Waals surface area contributed by atoms with Gasteiger partial charge in [0.25, 0.3) is 0 Å². The monoisotopic (exact) mass is 1300 g/mol. The highest BCUT2D eigenvalue weighted by Gasteiger charge is 2.35. The van der Waals surface area contributed by atoms with Crippen LogP contribution in [0.5, 0.6) is 0 Å². The van der Waals surface area contributed by atoms with Crippen LogP contribution in [0.3, 0.4) is 0 Å². The summed E-state index contributed by atoms with van der Waals surface area (Å²) >= 11 is 0. The molecule has 0 saturated carbocycles. The van der Waals surface area contributed by atoms with E-state index in [1.807, 2.05) is 0 Å². The Balaban J connectivity index is 1.46. The van der Waals surface area contributed by atoms with Crippen molar-refractivity contribution in [3.63, 3.8) is 0 Å². The fourth-order valence-corrected chi connectivity index (χ4v) is 10.5. The molecule has 0 unspecified atom stereocenters. The van der Waals surface area contributed by atoms with Gasteiger partial charge in [-0.25, -0.2) is 80.2 Å². The lowest BCUT2D eigenvalue weighted by Gasteiger charge is -2.16. The molecule has 0 spiro atoms. The van der Waals surface area contributed by atoms with Crippen molar-refractivity contribution in [1.29, 1.82) is 0 Å². The zero-order valence-corrected chi connectivity index (χ0v) is 50.5. The Morgan fingerprint density at radius 1 is 0.261 bits per heavy atom. The van der Waals surface area contributed by atoms with E-state index in [0.29, 0.717) is 0 Å². The smallest absolute Gasteiger partial charge is 0.185 e. The molecule has 490 valence electrons. The molecule has 0 atom stereocenters. The summed E-state index contributed by atoms with van der Waals surface area (Å²) in [4.78, 5) is 13.9. The van der Waals surface area contributed by atoms with Crippen molar-refractivity contribution in [2.75, 3.05) is 73.6 Å². The molecule has 12 nitrogen and oxygen atoms in total. The number of hydrogen-bond donors (Lipinski definition) is 10. The Kier molecular flexibility index (Phi) is 20.7. The molecule has 8 bridgehead atoms. The minimum absolute atomic E-state index is 0.0319. The highest BCUT2D eigenvalue weighted by atomic mass is 19.2. The molecule has 0 saturated heterocycles. The normalized spacial score (nSPS) is 12.3. The molecule has 0 amide bonds. The minimum atomic E-state index is -2.11. The summed E-state index contributed by atoms with van der Waals surface area (Å²) in [5.74, 6) is -32.9. The summed E-state index contributed by atoms with van der Waals surface area (Å²) in [6.45, 7) is 12.9. The molecule has 7 aromatic rings. The van der Waals surface area contributed by atoms with Crippen LogP contribution in [0.2, 0.25) is 0 Å². The van der Waals surface area contributed by atoms with Crippen LogP contribution in [0.1, 0.15) is 78.2 Å². The summed E-state index contributed by atoms with van der Waals surface area (Å²) < 4.78 is 268. The molecule has 3 aromatic heterocycles. The number of hydrogen-bond acceptors (Lipinski definition) is 10. The lowest BCUT2D eigenvalue weighted by atomic mass is 10.0. The maximum atomic E-state index is 17.1. The Labute approximate surface area is 516 Å². The van der Waals surface area contributed by atoms with E-state index >= 15 is 70.2 Å². The van der Waals surface area contributed by atoms with Gasteiger partial charge in [0.2, 0.25) is 0 Å². The van der Waals surface area contributed by atoms with Crippen LogP contribution in [0.4, 0.5) is 93.0 Å². The highest BCUT2D eigenvalue weighted by Crippen LogP contribution is 2.46. The first-order valence-electron chi connectivity index (χ1n) is 29.2. The fraction of sp³-hybridized carbons (Fsp3) is 0.312. The molecule has 2 aliphatic rings. The topological polar surface area (TPSA) is 154 Å². The van der Waals surface area contributed by atoms with E-state index in [0.717, 1.165) is 48.6 Å². The van der Waals surface area contributed by atoms with Crippen molar-refractivity contribution < 1.29 is 70.2 Å². The molecule has 4 aromatic carbocycles. The summed E-state index contributed by atoms with van der Waals surface area (Å²) in [5, 5.41) is 21.0. The number of aromatic amines is 2. The third-order valence-corrected chi connectivity index (χ3v) is 14.7. The van der Waals surface area contributed by atoms with Crippen LogP contribution < -0.4 is 42.5 Å². The molecule has 5 heterocycles. The average molecular weight is 1300 g/mol. The summed E-state index contributed by atoms with van der Waals surface area (Å²) in [5.41, 5.74) is -21.3. The number of anilines is 4. The van der Waals surface area contributed by atoms with Crippen molar-refractivity contribution in [2.45, 2.75) is 79.6 Å². The van der Waals surface area contributed by atoms with Crippen LogP contribution in [-0.4, -0.2) is 96.5 Å². The first-order valence-corrected chi connectivity index (χ1v) is 29.2. The fourth-order valence-electron chi connectivity index (χ4n) is 10.5. The molecule has 10 N–H and O–H groups in total. The van der Waals surface area contributed by atoms with Gasteiger partial charge in [0.1, 0.15) is 22.7 Å². The lowest BCUT2D eigenvalue weighted by Crippen LogP contribution is -2.28. The Morgan fingerprint density at radius 2 is 0.435 bits per heavy atom. The van der Waals surface area contributed by atoms with Crippen LogP contribution in [0.25, 0.3) is 90.9 Å². The highest BCUT2D eigenvalue weighted by molar-refractivity contribution is 6.01. The van der Waals surface area contributed by atoms with Gasteiger partial charge in [0.15, 0.2) is 93.1 Å². The Hall–Kier alpha value is -8.60. The summed E-state index contributed by atoms with van der Waals surface area (Å²) in [6.07, 6.45) is 3.43.